The maximum absolute atomic E-state index is 7.56. The summed E-state index contributed by atoms with van der Waals surface area (Å²) in [7, 11) is 0. The van der Waals surface area contributed by atoms with Gasteiger partial charge in [-0.25, -0.2) is 0 Å². The van der Waals surface area contributed by atoms with Gasteiger partial charge in [-0.05, 0) is 35.4 Å². The molecule has 0 aromatic rings. The topological polar surface area (TPSA) is 121 Å². The largest absolute Gasteiger partial charge is 0.325 e. The number of rotatable bonds is 8. The van der Waals surface area contributed by atoms with Gasteiger partial charge in [0.15, 0.2) is 0 Å². The average molecular weight is 593 g/mol. The van der Waals surface area contributed by atoms with Crippen molar-refractivity contribution in [1.82, 2.24) is 0 Å². The molecule has 0 bridgehead atoms. The first-order valence-electron chi connectivity index (χ1n) is 9.18. The van der Waals surface area contributed by atoms with Crippen molar-refractivity contribution in [3.8, 4) is 0 Å². The van der Waals surface area contributed by atoms with Crippen LogP contribution < -0.4 is 0 Å². The summed E-state index contributed by atoms with van der Waals surface area (Å²) >= 11 is 7.21. The second-order valence-electron chi connectivity index (χ2n) is 6.34. The van der Waals surface area contributed by atoms with Gasteiger partial charge in [-0.15, -0.1) is 0 Å². The molecule has 0 aromatic heterocycles. The van der Waals surface area contributed by atoms with E-state index in [1.54, 1.807) is 0 Å². The molecule has 2 unspecified atom stereocenters. The highest BCUT2D eigenvalue weighted by molar-refractivity contribution is 8.06. The molecule has 196 valence electrons. The zero-order chi connectivity index (χ0) is 21.8. The van der Waals surface area contributed by atoms with E-state index in [2.05, 4.69) is 65.2 Å². The van der Waals surface area contributed by atoms with Crippen molar-refractivity contribution in [2.24, 2.45) is 11.8 Å². The molecular weight excluding hydrogens is 543 g/mol. The number of hydrogen-bond acceptors (Lipinski definition) is 2. The van der Waals surface area contributed by atoms with Gasteiger partial charge in [0.05, 0.1) is 0 Å². The van der Waals surface area contributed by atoms with Gasteiger partial charge in [-0.2, -0.15) is 54.0 Å². The molecule has 0 aliphatic carbocycles. The molecule has 0 amide bonds. The highest BCUT2D eigenvalue weighted by atomic mass is 32.5. The summed E-state index contributed by atoms with van der Waals surface area (Å²) in [6, 6.07) is 0. The molecule has 0 rings (SSSR count). The first-order valence-corrected chi connectivity index (χ1v) is 14.5. The molecule has 0 aliphatic heterocycles. The molecular formula is C16H50O6P2S6. The smallest absolute Gasteiger partial charge is 0.319 e. The van der Waals surface area contributed by atoms with Gasteiger partial charge in [-0.1, -0.05) is 92.9 Å². The Morgan fingerprint density at radius 1 is 0.567 bits per heavy atom. The summed E-state index contributed by atoms with van der Waals surface area (Å²) in [6.45, 7) is 6.08. The fourth-order valence-corrected chi connectivity index (χ4v) is 1.51. The van der Waals surface area contributed by atoms with Crippen LogP contribution in [0.1, 0.15) is 92.9 Å². The van der Waals surface area contributed by atoms with Gasteiger partial charge in [-0.3, -0.25) is 0 Å². The Kier molecular flexibility index (Phi) is 64.5. The van der Waals surface area contributed by atoms with Crippen molar-refractivity contribution >= 4 is 91.0 Å². The van der Waals surface area contributed by atoms with E-state index in [0.717, 1.165) is 11.8 Å². The van der Waals surface area contributed by atoms with Gasteiger partial charge in [0.2, 0.25) is 0 Å². The van der Waals surface area contributed by atoms with Crippen LogP contribution in [0.25, 0.3) is 0 Å². The van der Waals surface area contributed by atoms with Crippen molar-refractivity contribution in [1.29, 1.82) is 0 Å². The third-order valence-electron chi connectivity index (χ3n) is 3.49. The van der Waals surface area contributed by atoms with Crippen LogP contribution in [0, 0.1) is 11.8 Å². The van der Waals surface area contributed by atoms with Crippen LogP contribution in [0.3, 0.4) is 0 Å². The summed E-state index contributed by atoms with van der Waals surface area (Å²) in [5.41, 5.74) is 0. The maximum atomic E-state index is 7.56. The van der Waals surface area contributed by atoms with E-state index in [4.69, 9.17) is 29.4 Å². The van der Waals surface area contributed by atoms with E-state index in [1.165, 1.54) is 51.4 Å². The molecule has 0 aliphatic rings. The summed E-state index contributed by atoms with van der Waals surface area (Å²) in [5, 5.41) is 0. The van der Waals surface area contributed by atoms with Gasteiger partial charge in [0.1, 0.15) is 0 Å². The molecule has 0 aromatic carbocycles. The van der Waals surface area contributed by atoms with Crippen LogP contribution in [0.15, 0.2) is 0 Å². The number of hydrogen-bond donors (Lipinski definition) is 6. The van der Waals surface area contributed by atoms with Crippen LogP contribution in [-0.4, -0.2) is 29.4 Å². The molecule has 30 heavy (non-hydrogen) atoms. The zero-order valence-electron chi connectivity index (χ0n) is 19.2. The Labute approximate surface area is 224 Å². The lowest BCUT2D eigenvalue weighted by Crippen LogP contribution is -1.89. The minimum atomic E-state index is -3.81. The fraction of sp³-hybridized carbons (Fsp3) is 1.00. The number of unbranched alkanes of at least 4 members (excludes halogenated alkanes) is 2. The maximum Gasteiger partial charge on any atom is 0.319 e. The minimum absolute atomic E-state index is 0. The molecule has 0 saturated heterocycles. The van der Waals surface area contributed by atoms with Crippen LogP contribution in [-0.2, 0) is 23.6 Å². The summed E-state index contributed by atoms with van der Waals surface area (Å²) in [5.74, 6) is 1.91. The second kappa shape index (κ2) is 36.0. The quantitative estimate of drug-likeness (QED) is 0.211. The lowest BCUT2D eigenvalue weighted by atomic mass is 10.0. The van der Waals surface area contributed by atoms with Crippen molar-refractivity contribution in [2.75, 3.05) is 0 Å². The van der Waals surface area contributed by atoms with Crippen LogP contribution >= 0.6 is 67.4 Å². The first-order chi connectivity index (χ1) is 11.6. The van der Waals surface area contributed by atoms with Crippen LogP contribution in [0.2, 0.25) is 0 Å². The van der Waals surface area contributed by atoms with E-state index >= 15 is 0 Å². The third-order valence-corrected chi connectivity index (χ3v) is 3.49. The average Bonchev–Trinajstić information content (AvgIpc) is 2.47. The normalized spacial score (nSPS) is 11.3. The lowest BCUT2D eigenvalue weighted by Gasteiger charge is -2.04. The monoisotopic (exact) mass is 592 g/mol. The van der Waals surface area contributed by atoms with Crippen molar-refractivity contribution in [3.05, 3.63) is 0 Å². The van der Waals surface area contributed by atoms with E-state index in [0.29, 0.717) is 0 Å². The molecule has 6 N–H and O–H groups in total. The SMILES string of the molecule is CCCCC(C)CC.CCCCC(C)CC.OP(O)(O)=S.OP(O)(O)=S.S.S.S.S. The first kappa shape index (κ1) is 53.7. The zero-order valence-corrected chi connectivity index (χ0v) is 26.6. The van der Waals surface area contributed by atoms with E-state index in [9.17, 15) is 0 Å². The second-order valence-corrected chi connectivity index (χ2v) is 11.3. The molecule has 6 nitrogen and oxygen atoms in total. The molecule has 0 fully saturated rings. The van der Waals surface area contributed by atoms with Gasteiger partial charge in [0, 0.05) is 0 Å². The summed E-state index contributed by atoms with van der Waals surface area (Å²) in [4.78, 5) is 45.3. The minimum Gasteiger partial charge on any atom is -0.325 e. The van der Waals surface area contributed by atoms with Gasteiger partial charge < -0.3 is 29.4 Å². The molecule has 0 heterocycles. The van der Waals surface area contributed by atoms with E-state index < -0.39 is 13.4 Å². The van der Waals surface area contributed by atoms with Crippen molar-refractivity contribution in [3.63, 3.8) is 0 Å². The van der Waals surface area contributed by atoms with Gasteiger partial charge in [0.25, 0.3) is 0 Å². The third kappa shape index (κ3) is 126. The Balaban J connectivity index is -0.0000000351. The molecule has 14 heteroatoms. The van der Waals surface area contributed by atoms with Crippen LogP contribution in [0.4, 0.5) is 0 Å². The Morgan fingerprint density at radius 2 is 0.733 bits per heavy atom. The predicted molar refractivity (Wildman–Crippen MR) is 161 cm³/mol. The lowest BCUT2D eigenvalue weighted by molar-refractivity contribution is 0.361. The summed E-state index contributed by atoms with van der Waals surface area (Å²) < 4.78 is 0. The van der Waals surface area contributed by atoms with E-state index in [1.807, 2.05) is 0 Å². The Hall–Kier alpha value is 2.46. The predicted octanol–water partition coefficient (Wildman–Crippen LogP) is 5.27. The molecule has 0 spiro atoms. The van der Waals surface area contributed by atoms with Crippen molar-refractivity contribution in [2.45, 2.75) is 92.9 Å². The van der Waals surface area contributed by atoms with E-state index in [-0.39, 0.29) is 54.0 Å². The highest BCUT2D eigenvalue weighted by Crippen LogP contribution is 2.27. The Morgan fingerprint density at radius 3 is 0.833 bits per heavy atom. The Bertz CT molecular complexity index is 322. The standard InChI is InChI=1S/2C8H18.2H3O3PS.4H2S/c2*1-4-6-7-8(3)5-2;2*1-4(2,3)5;;;;/h2*8H,4-7H2,1-3H3;2*(H3,1,2,3,5);4*1H2. The molecule has 0 saturated carbocycles. The summed E-state index contributed by atoms with van der Waals surface area (Å²) in [6.07, 6.45) is 11.1. The van der Waals surface area contributed by atoms with Crippen LogP contribution in [0.5, 0.6) is 0 Å². The fourth-order valence-electron chi connectivity index (χ4n) is 1.51. The molecule has 2 atom stereocenters. The molecule has 0 radical (unpaired) electrons. The van der Waals surface area contributed by atoms with Crippen molar-refractivity contribution < 1.29 is 29.4 Å². The highest BCUT2D eigenvalue weighted by Gasteiger charge is 1.95. The van der Waals surface area contributed by atoms with Gasteiger partial charge >= 0.3 is 13.4 Å².